The number of fused-ring (bicyclic) bond motifs is 12. The van der Waals surface area contributed by atoms with Gasteiger partial charge in [0.15, 0.2) is 17.5 Å². The number of thiophene rings is 2. The maximum Gasteiger partial charge on any atom is 0.165 e. The second kappa shape index (κ2) is 17.0. The van der Waals surface area contributed by atoms with Crippen LogP contribution in [-0.4, -0.2) is 24.1 Å². The molecule has 0 aliphatic heterocycles. The Bertz CT molecular complexity index is 5000. The lowest BCUT2D eigenvalue weighted by molar-refractivity contribution is 1.08. The number of hydrogen-bond acceptors (Lipinski definition) is 5. The van der Waals surface area contributed by atoms with Crippen LogP contribution < -0.4 is 0 Å². The molecule has 0 bridgehead atoms. The summed E-state index contributed by atoms with van der Waals surface area (Å²) in [5.74, 6) is 1.91. The first-order chi connectivity index (χ1) is 37.7. The van der Waals surface area contributed by atoms with Gasteiger partial charge in [0.1, 0.15) is 0 Å². The Labute approximate surface area is 444 Å². The van der Waals surface area contributed by atoms with Crippen molar-refractivity contribution in [1.82, 2.24) is 24.1 Å². The number of rotatable bonds is 7. The van der Waals surface area contributed by atoms with Gasteiger partial charge in [0.25, 0.3) is 0 Å². The Kier molecular flexibility index (Phi) is 9.61. The van der Waals surface area contributed by atoms with Crippen molar-refractivity contribution in [3.05, 3.63) is 249 Å². The minimum absolute atomic E-state index is 0.623. The summed E-state index contributed by atoms with van der Waals surface area (Å²) in [6.07, 6.45) is 0. The molecule has 0 radical (unpaired) electrons. The Morgan fingerprint density at radius 3 is 1.66 bits per heavy atom. The average molecular weight is 1000 g/mol. The predicted octanol–water partition coefficient (Wildman–Crippen LogP) is 19.1. The molecule has 354 valence electrons. The molecule has 5 aromatic heterocycles. The van der Waals surface area contributed by atoms with Crippen molar-refractivity contribution < 1.29 is 0 Å². The number of nitrogens with zero attached hydrogens (tertiary/aromatic N) is 5. The largest absolute Gasteiger partial charge is 0.307 e. The van der Waals surface area contributed by atoms with Gasteiger partial charge in [-0.1, -0.05) is 164 Å². The number of hydrogen-bond donors (Lipinski definition) is 0. The summed E-state index contributed by atoms with van der Waals surface area (Å²) in [5, 5.41) is 9.56. The van der Waals surface area contributed by atoms with E-state index < -0.39 is 0 Å². The maximum absolute atomic E-state index is 5.44. The van der Waals surface area contributed by atoms with Gasteiger partial charge in [0, 0.05) is 84.3 Å². The fraction of sp³-hybridized carbons (Fsp3) is 0. The molecule has 7 heteroatoms. The molecule has 5 heterocycles. The van der Waals surface area contributed by atoms with E-state index in [1.54, 1.807) is 11.3 Å². The molecule has 0 saturated heterocycles. The first kappa shape index (κ1) is 42.9. The van der Waals surface area contributed by atoms with Gasteiger partial charge >= 0.3 is 0 Å². The van der Waals surface area contributed by atoms with Crippen molar-refractivity contribution in [3.63, 3.8) is 0 Å². The lowest BCUT2D eigenvalue weighted by Crippen LogP contribution is -2.01. The summed E-state index contributed by atoms with van der Waals surface area (Å²) in [4.78, 5) is 16.3. The van der Waals surface area contributed by atoms with E-state index in [1.165, 1.54) is 68.7 Å². The highest BCUT2D eigenvalue weighted by molar-refractivity contribution is 7.26. The van der Waals surface area contributed by atoms with Gasteiger partial charge in [-0.15, -0.1) is 22.7 Å². The average Bonchev–Trinajstić information content (AvgIpc) is 4.34. The summed E-state index contributed by atoms with van der Waals surface area (Å²) >= 11 is 3.62. The zero-order chi connectivity index (χ0) is 49.8. The molecule has 0 fully saturated rings. The van der Waals surface area contributed by atoms with Gasteiger partial charge in [0.2, 0.25) is 0 Å². The highest BCUT2D eigenvalue weighted by Gasteiger charge is 2.23. The van der Waals surface area contributed by atoms with Crippen LogP contribution in [-0.2, 0) is 0 Å². The Morgan fingerprint density at radius 2 is 0.842 bits per heavy atom. The Morgan fingerprint density at radius 1 is 0.289 bits per heavy atom. The quantitative estimate of drug-likeness (QED) is 0.160. The first-order valence-corrected chi connectivity index (χ1v) is 27.2. The number of aromatic nitrogens is 5. The number of benzene rings is 11. The smallest absolute Gasteiger partial charge is 0.165 e. The van der Waals surface area contributed by atoms with Crippen LogP contribution in [0.1, 0.15) is 0 Å². The molecule has 0 spiro atoms. The van der Waals surface area contributed by atoms with E-state index in [9.17, 15) is 0 Å². The van der Waals surface area contributed by atoms with Crippen LogP contribution in [0.15, 0.2) is 249 Å². The van der Waals surface area contributed by atoms with Gasteiger partial charge < -0.3 is 9.13 Å². The third-order valence-electron chi connectivity index (χ3n) is 15.2. The van der Waals surface area contributed by atoms with Crippen molar-refractivity contribution in [1.29, 1.82) is 0 Å². The van der Waals surface area contributed by atoms with Crippen molar-refractivity contribution >= 4 is 107 Å². The van der Waals surface area contributed by atoms with Crippen LogP contribution in [0, 0.1) is 0 Å². The minimum Gasteiger partial charge on any atom is -0.307 e. The SMILES string of the molecule is c1ccc(-c2cccc(-n3c4ccccc4c4cccc(-n5c6ccccc6c6cc(-c7nc(-c8ccc9sc%10cccc(-c%11ccccc%11)c%10c9c8)nc(-c8cccc9c8sc8ccccc89)n7)ccc65)c43)c2)cc1. The maximum atomic E-state index is 5.44. The van der Waals surface area contributed by atoms with Crippen molar-refractivity contribution in [2.24, 2.45) is 0 Å². The molecule has 11 aromatic carbocycles. The molecular weight excluding hydrogens is 963 g/mol. The van der Waals surface area contributed by atoms with Crippen LogP contribution in [0.4, 0.5) is 0 Å². The fourth-order valence-electron chi connectivity index (χ4n) is 11.8. The molecule has 76 heavy (non-hydrogen) atoms. The highest BCUT2D eigenvalue weighted by Crippen LogP contribution is 2.45. The fourth-order valence-corrected chi connectivity index (χ4v) is 14.1. The van der Waals surface area contributed by atoms with E-state index in [1.807, 2.05) is 11.3 Å². The van der Waals surface area contributed by atoms with Gasteiger partial charge in [-0.2, -0.15) is 0 Å². The molecule has 0 amide bonds. The van der Waals surface area contributed by atoms with Crippen molar-refractivity contribution in [2.75, 3.05) is 0 Å². The third kappa shape index (κ3) is 6.66. The molecule has 0 aliphatic rings. The monoisotopic (exact) mass is 1000 g/mol. The van der Waals surface area contributed by atoms with E-state index in [0.717, 1.165) is 65.6 Å². The topological polar surface area (TPSA) is 48.5 Å². The van der Waals surface area contributed by atoms with Crippen LogP contribution in [0.25, 0.3) is 152 Å². The highest BCUT2D eigenvalue weighted by atomic mass is 32.1. The summed E-state index contributed by atoms with van der Waals surface area (Å²) in [5.41, 5.74) is 14.4. The van der Waals surface area contributed by atoms with Crippen molar-refractivity contribution in [3.8, 4) is 67.8 Å². The molecule has 0 aliphatic carbocycles. The lowest BCUT2D eigenvalue weighted by Gasteiger charge is -2.15. The van der Waals surface area contributed by atoms with Gasteiger partial charge in [-0.3, -0.25) is 0 Å². The van der Waals surface area contributed by atoms with Gasteiger partial charge in [-0.05, 0) is 107 Å². The Hall–Kier alpha value is -9.53. The molecule has 0 unspecified atom stereocenters. The van der Waals surface area contributed by atoms with Crippen LogP contribution >= 0.6 is 22.7 Å². The molecule has 0 atom stereocenters. The van der Waals surface area contributed by atoms with Gasteiger partial charge in [-0.25, -0.2) is 15.0 Å². The number of para-hydroxylation sites is 3. The molecule has 0 saturated carbocycles. The second-order valence-corrected chi connectivity index (χ2v) is 21.6. The lowest BCUT2D eigenvalue weighted by atomic mass is 9.99. The van der Waals surface area contributed by atoms with Crippen LogP contribution in [0.5, 0.6) is 0 Å². The molecule has 5 nitrogen and oxygen atoms in total. The molecule has 16 aromatic rings. The second-order valence-electron chi connectivity index (χ2n) is 19.5. The Balaban J connectivity index is 0.915. The summed E-state index contributed by atoms with van der Waals surface area (Å²) < 4.78 is 9.78. The molecule has 16 rings (SSSR count). The first-order valence-electron chi connectivity index (χ1n) is 25.6. The summed E-state index contributed by atoms with van der Waals surface area (Å²) in [7, 11) is 0. The van der Waals surface area contributed by atoms with E-state index >= 15 is 0 Å². The molecular formula is C69H41N5S2. The van der Waals surface area contributed by atoms with Crippen LogP contribution in [0.3, 0.4) is 0 Å². The normalized spacial score (nSPS) is 11.9. The predicted molar refractivity (Wildman–Crippen MR) is 321 cm³/mol. The van der Waals surface area contributed by atoms with E-state index in [-0.39, 0.29) is 0 Å². The zero-order valence-corrected chi connectivity index (χ0v) is 42.4. The minimum atomic E-state index is 0.623. The van der Waals surface area contributed by atoms with E-state index in [2.05, 4.69) is 258 Å². The van der Waals surface area contributed by atoms with Crippen molar-refractivity contribution in [2.45, 2.75) is 0 Å². The summed E-state index contributed by atoms with van der Waals surface area (Å²) in [6, 6.07) is 89.8. The molecule has 0 N–H and O–H groups in total. The summed E-state index contributed by atoms with van der Waals surface area (Å²) in [6.45, 7) is 0. The zero-order valence-electron chi connectivity index (χ0n) is 40.7. The van der Waals surface area contributed by atoms with Crippen LogP contribution in [0.2, 0.25) is 0 Å². The standard InChI is InChI=1S/C69H41N5S2/c1-3-17-42(18-4-1)44-21-13-22-47(39-44)73-57-30-10-7-23-49(57)52-27-15-32-60(65(52)73)74-58-31-11-8-24-50(58)55-40-45(35-37-59(55)74)67-70-68(72-69(71-67)54-29-14-28-53-51-25-9-12-33-61(51)76-66(53)54)46-36-38-62-56(41-46)64-48(26-16-34-63(64)75-62)43-19-5-2-6-20-43/h1-41H. The van der Waals surface area contributed by atoms with Gasteiger partial charge in [0.05, 0.1) is 27.8 Å². The third-order valence-corrected chi connectivity index (χ3v) is 17.5. The van der Waals surface area contributed by atoms with E-state index in [4.69, 9.17) is 15.0 Å². The van der Waals surface area contributed by atoms with E-state index in [0.29, 0.717) is 17.5 Å².